The van der Waals surface area contributed by atoms with Gasteiger partial charge >= 0.3 is 0 Å². The molecule has 0 saturated heterocycles. The zero-order valence-electron chi connectivity index (χ0n) is 39.4. The highest BCUT2D eigenvalue weighted by atomic mass is 15.2. The molecular weight excluding hydrogens is 877 g/mol. The number of hydrogen-bond donors (Lipinski definition) is 0. The number of hydrogen-bond acceptors (Lipinski definition) is 4. The summed E-state index contributed by atoms with van der Waals surface area (Å²) in [4.78, 5) is 14.1. The number of pyridine rings is 2. The van der Waals surface area contributed by atoms with Gasteiger partial charge in [-0.1, -0.05) is 158 Å². The maximum absolute atomic E-state index is 4.82. The minimum atomic E-state index is 0.839. The highest BCUT2D eigenvalue weighted by molar-refractivity contribution is 5.82. The maximum atomic E-state index is 4.82. The van der Waals surface area contributed by atoms with Crippen LogP contribution in [0.2, 0.25) is 0 Å². The zero-order chi connectivity index (χ0) is 48.1. The van der Waals surface area contributed by atoms with Crippen LogP contribution in [0.5, 0.6) is 0 Å². The average Bonchev–Trinajstić information content (AvgIpc) is 4.12. The minimum Gasteiger partial charge on any atom is -0.309 e. The summed E-state index contributed by atoms with van der Waals surface area (Å²) >= 11 is 0. The van der Waals surface area contributed by atoms with Crippen LogP contribution in [0.3, 0.4) is 0 Å². The molecule has 0 radical (unpaired) electrons. The van der Waals surface area contributed by atoms with Crippen molar-refractivity contribution < 1.29 is 0 Å². The fraction of sp³-hybridized carbons (Fsp3) is 0. The van der Waals surface area contributed by atoms with Gasteiger partial charge in [0.25, 0.3) is 0 Å². The van der Waals surface area contributed by atoms with Gasteiger partial charge in [-0.25, -0.2) is 9.97 Å². The van der Waals surface area contributed by atoms with Crippen LogP contribution in [0, 0.1) is 0 Å². The topological polar surface area (TPSA) is 42.1 Å². The highest BCUT2D eigenvalue weighted by Crippen LogP contribution is 2.40. The van der Waals surface area contributed by atoms with E-state index in [2.05, 4.69) is 274 Å². The van der Waals surface area contributed by atoms with Crippen LogP contribution >= 0.6 is 0 Å². The second-order valence-corrected chi connectivity index (χ2v) is 17.5. The number of rotatable bonds is 13. The Morgan fingerprint density at radius 1 is 0.222 bits per heavy atom. The summed E-state index contributed by atoms with van der Waals surface area (Å²) in [5.74, 6) is 1.68. The summed E-state index contributed by atoms with van der Waals surface area (Å²) < 4.78 is 4.68. The van der Waals surface area contributed by atoms with Crippen molar-refractivity contribution in [3.8, 4) is 67.5 Å². The lowest BCUT2D eigenvalue weighted by molar-refractivity contribution is 1.09. The Morgan fingerprint density at radius 2 is 0.486 bits per heavy atom. The molecule has 0 aliphatic heterocycles. The minimum absolute atomic E-state index is 0.839. The molecule has 12 aromatic rings. The molecular formula is C66H48N6. The highest BCUT2D eigenvalue weighted by Gasteiger charge is 2.19. The van der Waals surface area contributed by atoms with E-state index in [9.17, 15) is 0 Å². The Hall–Kier alpha value is -9.78. The predicted octanol–water partition coefficient (Wildman–Crippen LogP) is 17.3. The monoisotopic (exact) mass is 924 g/mol. The molecule has 4 heterocycles. The van der Waals surface area contributed by atoms with Crippen LogP contribution in [0.1, 0.15) is 0 Å². The Balaban J connectivity index is 0.830. The van der Waals surface area contributed by atoms with E-state index in [4.69, 9.17) is 9.97 Å². The van der Waals surface area contributed by atoms with Gasteiger partial charge in [0, 0.05) is 46.5 Å². The van der Waals surface area contributed by atoms with E-state index in [-0.39, 0.29) is 0 Å². The van der Waals surface area contributed by atoms with Crippen LogP contribution < -0.4 is 9.80 Å². The molecule has 0 unspecified atom stereocenters. The van der Waals surface area contributed by atoms with E-state index in [1.165, 1.54) is 11.1 Å². The first-order chi connectivity index (χ1) is 35.7. The summed E-state index contributed by atoms with van der Waals surface area (Å²) in [6, 6.07) is 98.3. The van der Waals surface area contributed by atoms with E-state index >= 15 is 0 Å². The van der Waals surface area contributed by atoms with Gasteiger partial charge in [-0.05, 0) is 155 Å². The van der Waals surface area contributed by atoms with Gasteiger partial charge in [0.2, 0.25) is 0 Å². The van der Waals surface area contributed by atoms with Crippen LogP contribution in [-0.2, 0) is 0 Å². The van der Waals surface area contributed by atoms with Gasteiger partial charge in [0.05, 0.1) is 22.8 Å². The van der Waals surface area contributed by atoms with E-state index in [0.717, 1.165) is 90.8 Å². The Kier molecular flexibility index (Phi) is 11.9. The molecule has 4 aromatic heterocycles. The fourth-order valence-corrected chi connectivity index (χ4v) is 9.67. The molecule has 0 aliphatic rings. The summed E-state index contributed by atoms with van der Waals surface area (Å²) in [5.41, 5.74) is 17.6. The standard InChI is InChI=1S/C66H48N6/c1-5-17-51(18-6-1)61-43-45-63(71(61)55-21-9-3-10-22-55)53-31-39-59(40-32-53)69(65-25-13-15-47-67-65)57-35-27-49(28-36-57)50-29-37-58(38-30-50)70(66-26-14-16-48-68-66)60-41-33-54(34-42-60)64-46-44-62(52-19-7-2-8-20-52)72(64)56-23-11-4-12-24-56/h1-48H. The van der Waals surface area contributed by atoms with Gasteiger partial charge in [-0.15, -0.1) is 0 Å². The van der Waals surface area contributed by atoms with Crippen molar-refractivity contribution in [3.05, 3.63) is 291 Å². The van der Waals surface area contributed by atoms with Gasteiger partial charge in [-0.3, -0.25) is 9.80 Å². The van der Waals surface area contributed by atoms with Crippen molar-refractivity contribution in [2.24, 2.45) is 0 Å². The van der Waals surface area contributed by atoms with Crippen LogP contribution in [0.25, 0.3) is 67.5 Å². The SMILES string of the molecule is c1ccc(-c2ccc(-c3ccc(N(c4ccc(-c5ccc(N(c6ccc(-c7ccc(-c8ccccc8)n7-c7ccccc7)cc6)c6ccccn6)cc5)cc4)c4ccccn4)cc3)n2-c2ccccc2)cc1. The van der Waals surface area contributed by atoms with E-state index in [1.54, 1.807) is 0 Å². The van der Waals surface area contributed by atoms with Gasteiger partial charge in [0.1, 0.15) is 11.6 Å². The predicted molar refractivity (Wildman–Crippen MR) is 297 cm³/mol. The molecule has 12 rings (SSSR count). The number of benzene rings is 8. The molecule has 342 valence electrons. The molecule has 0 aliphatic carbocycles. The molecule has 6 heteroatoms. The van der Waals surface area contributed by atoms with Crippen LogP contribution in [0.15, 0.2) is 291 Å². The van der Waals surface area contributed by atoms with Crippen LogP contribution in [-0.4, -0.2) is 19.1 Å². The third-order valence-corrected chi connectivity index (χ3v) is 13.1. The van der Waals surface area contributed by atoms with E-state index < -0.39 is 0 Å². The normalized spacial score (nSPS) is 11.1. The summed E-state index contributed by atoms with van der Waals surface area (Å²) in [7, 11) is 0. The molecule has 72 heavy (non-hydrogen) atoms. The molecule has 8 aromatic carbocycles. The Bertz CT molecular complexity index is 3420. The molecule has 0 atom stereocenters. The summed E-state index contributed by atoms with van der Waals surface area (Å²) in [6.45, 7) is 0. The quantitative estimate of drug-likeness (QED) is 0.116. The maximum Gasteiger partial charge on any atom is 0.137 e. The van der Waals surface area contributed by atoms with Crippen molar-refractivity contribution in [3.63, 3.8) is 0 Å². The first-order valence-electron chi connectivity index (χ1n) is 24.2. The molecule has 0 bridgehead atoms. The zero-order valence-corrected chi connectivity index (χ0v) is 39.4. The van der Waals surface area contributed by atoms with Gasteiger partial charge in [-0.2, -0.15) is 0 Å². The lowest BCUT2D eigenvalue weighted by Crippen LogP contribution is -2.11. The van der Waals surface area contributed by atoms with Crippen molar-refractivity contribution >= 4 is 34.4 Å². The van der Waals surface area contributed by atoms with Crippen molar-refractivity contribution in [2.75, 3.05) is 9.80 Å². The molecule has 0 N–H and O–H groups in total. The van der Waals surface area contributed by atoms with Crippen molar-refractivity contribution in [2.45, 2.75) is 0 Å². The smallest absolute Gasteiger partial charge is 0.137 e. The Labute approximate surface area is 420 Å². The number of para-hydroxylation sites is 2. The second-order valence-electron chi connectivity index (χ2n) is 17.5. The molecule has 0 fully saturated rings. The molecule has 0 saturated carbocycles. The van der Waals surface area contributed by atoms with Crippen molar-refractivity contribution in [1.29, 1.82) is 0 Å². The first kappa shape index (κ1) is 43.5. The summed E-state index contributed by atoms with van der Waals surface area (Å²) in [6.07, 6.45) is 3.69. The molecule has 0 amide bonds. The third kappa shape index (κ3) is 8.65. The van der Waals surface area contributed by atoms with Gasteiger partial charge < -0.3 is 9.13 Å². The average molecular weight is 925 g/mol. The second kappa shape index (κ2) is 19.7. The largest absolute Gasteiger partial charge is 0.309 e. The number of anilines is 6. The van der Waals surface area contributed by atoms with Gasteiger partial charge in [0.15, 0.2) is 0 Å². The first-order valence-corrected chi connectivity index (χ1v) is 24.2. The lowest BCUT2D eigenvalue weighted by atomic mass is 10.0. The fourth-order valence-electron chi connectivity index (χ4n) is 9.67. The summed E-state index contributed by atoms with van der Waals surface area (Å²) in [5, 5.41) is 0. The molecule has 0 spiro atoms. The van der Waals surface area contributed by atoms with E-state index in [0.29, 0.717) is 0 Å². The third-order valence-electron chi connectivity index (χ3n) is 13.1. The number of aromatic nitrogens is 4. The Morgan fingerprint density at radius 3 is 0.778 bits per heavy atom. The molecule has 6 nitrogen and oxygen atoms in total. The van der Waals surface area contributed by atoms with Crippen LogP contribution in [0.4, 0.5) is 34.4 Å². The number of nitrogens with zero attached hydrogens (tertiary/aromatic N) is 6. The lowest BCUT2D eigenvalue weighted by Gasteiger charge is -2.25. The van der Waals surface area contributed by atoms with E-state index in [1.807, 2.05) is 36.7 Å². The van der Waals surface area contributed by atoms with Crippen molar-refractivity contribution in [1.82, 2.24) is 19.1 Å².